The average Bonchev–Trinajstić information content (AvgIpc) is 2.59. The molecule has 0 fully saturated rings. The van der Waals surface area contributed by atoms with E-state index in [0.29, 0.717) is 11.8 Å². The monoisotopic (exact) mass is 355 g/mol. The molecule has 0 unspecified atom stereocenters. The third kappa shape index (κ3) is 6.24. The summed E-state index contributed by atoms with van der Waals surface area (Å²) >= 11 is 1.64. The molecule has 0 aliphatic carbocycles. The first-order valence-electron chi connectivity index (χ1n) is 9.02. The van der Waals surface area contributed by atoms with Crippen molar-refractivity contribution in [3.8, 4) is 0 Å². The summed E-state index contributed by atoms with van der Waals surface area (Å²) in [7, 11) is 0. The average molecular weight is 356 g/mol. The standard InChI is InChI=1S/C22H29NOS/c1-17(2)15-23(16-18(3)4)22(24)21(19-11-7-5-8-12-19)25-20-13-9-6-10-14-20/h5-14,17-18,21H,15-16H2,1-4H3/t21-/m0/s1. The quantitative estimate of drug-likeness (QED) is 0.569. The molecule has 0 bridgehead atoms. The van der Waals surface area contributed by atoms with Gasteiger partial charge in [-0.1, -0.05) is 76.2 Å². The van der Waals surface area contributed by atoms with Gasteiger partial charge in [0, 0.05) is 18.0 Å². The maximum absolute atomic E-state index is 13.4. The van der Waals surface area contributed by atoms with Gasteiger partial charge in [-0.25, -0.2) is 0 Å². The van der Waals surface area contributed by atoms with E-state index in [0.717, 1.165) is 23.5 Å². The van der Waals surface area contributed by atoms with Crippen molar-refractivity contribution in [2.45, 2.75) is 37.8 Å². The summed E-state index contributed by atoms with van der Waals surface area (Å²) in [6.45, 7) is 10.3. The second kappa shape index (κ2) is 9.67. The number of carbonyl (C=O) groups excluding carboxylic acids is 1. The Labute approximate surface area is 156 Å². The van der Waals surface area contributed by atoms with Crippen molar-refractivity contribution in [3.63, 3.8) is 0 Å². The number of hydrogen-bond donors (Lipinski definition) is 0. The van der Waals surface area contributed by atoms with Gasteiger partial charge in [0.15, 0.2) is 0 Å². The molecule has 0 spiro atoms. The first-order valence-corrected chi connectivity index (χ1v) is 9.90. The van der Waals surface area contributed by atoms with Crippen molar-refractivity contribution < 1.29 is 4.79 Å². The second-order valence-electron chi connectivity index (χ2n) is 7.25. The van der Waals surface area contributed by atoms with Gasteiger partial charge < -0.3 is 4.90 Å². The minimum absolute atomic E-state index is 0.207. The van der Waals surface area contributed by atoms with Crippen LogP contribution >= 0.6 is 11.8 Å². The smallest absolute Gasteiger partial charge is 0.240 e. The topological polar surface area (TPSA) is 20.3 Å². The molecule has 2 aromatic carbocycles. The molecule has 3 heteroatoms. The van der Waals surface area contributed by atoms with Crippen LogP contribution in [0, 0.1) is 11.8 Å². The molecule has 2 aromatic rings. The van der Waals surface area contributed by atoms with E-state index in [9.17, 15) is 4.79 Å². The van der Waals surface area contributed by atoms with Crippen LogP contribution in [0.5, 0.6) is 0 Å². The summed E-state index contributed by atoms with van der Waals surface area (Å²) in [5.74, 6) is 1.13. The number of thioether (sulfide) groups is 1. The molecule has 134 valence electrons. The fourth-order valence-corrected chi connectivity index (χ4v) is 3.96. The Morgan fingerprint density at radius 1 is 0.840 bits per heavy atom. The van der Waals surface area contributed by atoms with Gasteiger partial charge in [-0.15, -0.1) is 11.8 Å². The minimum Gasteiger partial charge on any atom is -0.341 e. The number of nitrogens with zero attached hydrogens (tertiary/aromatic N) is 1. The zero-order chi connectivity index (χ0) is 18.2. The maximum atomic E-state index is 13.4. The molecule has 0 aliphatic rings. The Balaban J connectivity index is 2.30. The molecule has 2 nitrogen and oxygen atoms in total. The lowest BCUT2D eigenvalue weighted by Crippen LogP contribution is -2.39. The molecule has 1 atom stereocenters. The highest BCUT2D eigenvalue weighted by molar-refractivity contribution is 8.00. The SMILES string of the molecule is CC(C)CN(CC(C)C)C(=O)[C@@H](Sc1ccccc1)c1ccccc1. The summed E-state index contributed by atoms with van der Waals surface area (Å²) in [5, 5.41) is -0.207. The van der Waals surface area contributed by atoms with Crippen molar-refractivity contribution >= 4 is 17.7 Å². The van der Waals surface area contributed by atoms with Crippen molar-refractivity contribution in [2.75, 3.05) is 13.1 Å². The molecule has 0 radical (unpaired) electrons. The number of rotatable bonds is 8. The molecule has 0 aliphatic heterocycles. The Kier molecular flexibility index (Phi) is 7.57. The van der Waals surface area contributed by atoms with E-state index in [1.165, 1.54) is 0 Å². The summed E-state index contributed by atoms with van der Waals surface area (Å²) in [5.41, 5.74) is 1.07. The van der Waals surface area contributed by atoms with Crippen LogP contribution in [0.2, 0.25) is 0 Å². The van der Waals surface area contributed by atoms with Crippen molar-refractivity contribution in [2.24, 2.45) is 11.8 Å². The molecule has 0 saturated heterocycles. The zero-order valence-corrected chi connectivity index (χ0v) is 16.5. The maximum Gasteiger partial charge on any atom is 0.240 e. The Bertz CT molecular complexity index is 630. The molecule has 0 heterocycles. The summed E-state index contributed by atoms with van der Waals surface area (Å²) < 4.78 is 0. The zero-order valence-electron chi connectivity index (χ0n) is 15.7. The number of hydrogen-bond acceptors (Lipinski definition) is 2. The van der Waals surface area contributed by atoms with Crippen molar-refractivity contribution in [3.05, 3.63) is 66.2 Å². The van der Waals surface area contributed by atoms with Crippen LogP contribution < -0.4 is 0 Å². The highest BCUT2D eigenvalue weighted by atomic mass is 32.2. The van der Waals surface area contributed by atoms with Gasteiger partial charge in [-0.2, -0.15) is 0 Å². The van der Waals surface area contributed by atoms with E-state index in [1.54, 1.807) is 11.8 Å². The van der Waals surface area contributed by atoms with Crippen LogP contribution in [0.25, 0.3) is 0 Å². The third-order valence-electron chi connectivity index (χ3n) is 3.81. The van der Waals surface area contributed by atoms with Gasteiger partial charge >= 0.3 is 0 Å². The van der Waals surface area contributed by atoms with Crippen molar-refractivity contribution in [1.82, 2.24) is 4.90 Å². The molecule has 0 aromatic heterocycles. The number of amides is 1. The lowest BCUT2D eigenvalue weighted by Gasteiger charge is -2.30. The Hall–Kier alpha value is -1.74. The van der Waals surface area contributed by atoms with E-state index in [1.807, 2.05) is 41.3 Å². The largest absolute Gasteiger partial charge is 0.341 e. The molecular formula is C22H29NOS. The minimum atomic E-state index is -0.207. The highest BCUT2D eigenvalue weighted by Crippen LogP contribution is 2.36. The predicted molar refractivity (Wildman–Crippen MR) is 108 cm³/mol. The Morgan fingerprint density at radius 2 is 1.32 bits per heavy atom. The lowest BCUT2D eigenvalue weighted by molar-refractivity contribution is -0.131. The number of carbonyl (C=O) groups is 1. The molecular weight excluding hydrogens is 326 g/mol. The highest BCUT2D eigenvalue weighted by Gasteiger charge is 2.27. The molecule has 2 rings (SSSR count). The van der Waals surface area contributed by atoms with Gasteiger partial charge in [0.1, 0.15) is 5.25 Å². The van der Waals surface area contributed by atoms with Gasteiger partial charge in [0.25, 0.3) is 0 Å². The van der Waals surface area contributed by atoms with E-state index in [-0.39, 0.29) is 11.2 Å². The molecule has 0 N–H and O–H groups in total. The lowest BCUT2D eigenvalue weighted by atomic mass is 10.1. The van der Waals surface area contributed by atoms with E-state index in [4.69, 9.17) is 0 Å². The van der Waals surface area contributed by atoms with E-state index in [2.05, 4.69) is 52.0 Å². The first kappa shape index (κ1) is 19.6. The van der Waals surface area contributed by atoms with Gasteiger partial charge in [0.05, 0.1) is 0 Å². The van der Waals surface area contributed by atoms with Crippen molar-refractivity contribution in [1.29, 1.82) is 0 Å². The number of benzene rings is 2. The fourth-order valence-electron chi connectivity index (χ4n) is 2.83. The Morgan fingerprint density at radius 3 is 1.80 bits per heavy atom. The summed E-state index contributed by atoms with van der Waals surface area (Å²) in [6, 6.07) is 20.3. The van der Waals surface area contributed by atoms with Crippen LogP contribution in [0.15, 0.2) is 65.6 Å². The van der Waals surface area contributed by atoms with Gasteiger partial charge in [-0.05, 0) is 29.5 Å². The third-order valence-corrected chi connectivity index (χ3v) is 5.06. The van der Waals surface area contributed by atoms with E-state index < -0.39 is 0 Å². The van der Waals surface area contributed by atoms with Crippen LogP contribution in [0.3, 0.4) is 0 Å². The van der Waals surface area contributed by atoms with Crippen LogP contribution in [0.4, 0.5) is 0 Å². The molecule has 0 saturated carbocycles. The fraction of sp³-hybridized carbons (Fsp3) is 0.409. The molecule has 25 heavy (non-hydrogen) atoms. The van der Waals surface area contributed by atoms with E-state index >= 15 is 0 Å². The normalized spacial score (nSPS) is 12.4. The predicted octanol–water partition coefficient (Wildman–Crippen LogP) is 5.66. The first-order chi connectivity index (χ1) is 12.0. The van der Waals surface area contributed by atoms with Crippen LogP contribution in [0.1, 0.15) is 38.5 Å². The molecule has 1 amide bonds. The van der Waals surface area contributed by atoms with Crippen LogP contribution in [-0.2, 0) is 4.79 Å². The summed E-state index contributed by atoms with van der Waals surface area (Å²) in [6.07, 6.45) is 0. The summed E-state index contributed by atoms with van der Waals surface area (Å²) in [4.78, 5) is 16.6. The van der Waals surface area contributed by atoms with Crippen LogP contribution in [-0.4, -0.2) is 23.9 Å². The second-order valence-corrected chi connectivity index (χ2v) is 8.43. The van der Waals surface area contributed by atoms with Gasteiger partial charge in [0.2, 0.25) is 5.91 Å². The van der Waals surface area contributed by atoms with Gasteiger partial charge in [-0.3, -0.25) is 4.79 Å².